The molecule has 0 atom stereocenters. The Kier molecular flexibility index (Phi) is 3.28. The van der Waals surface area contributed by atoms with Crippen molar-refractivity contribution in [2.45, 2.75) is 6.54 Å². The summed E-state index contributed by atoms with van der Waals surface area (Å²) >= 11 is 1.50. The van der Waals surface area contributed by atoms with Crippen molar-refractivity contribution in [2.24, 2.45) is 0 Å². The Morgan fingerprint density at radius 3 is 3.00 bits per heavy atom. The van der Waals surface area contributed by atoms with Crippen LogP contribution in [0.15, 0.2) is 6.20 Å². The third-order valence-corrected chi connectivity index (χ3v) is 2.06. The molecule has 0 saturated carbocycles. The van der Waals surface area contributed by atoms with Gasteiger partial charge < -0.3 is 9.57 Å². The average Bonchev–Trinajstić information content (AvgIpc) is 2.48. The third-order valence-electron chi connectivity index (χ3n) is 1.10. The zero-order valence-corrected chi connectivity index (χ0v) is 7.27. The molecule has 0 fully saturated rings. The molecule has 1 aromatic heterocycles. The predicted molar refractivity (Wildman–Crippen MR) is 42.5 cm³/mol. The summed E-state index contributed by atoms with van der Waals surface area (Å²) in [6, 6.07) is 0. The fraction of sp³-hybridized carbons (Fsp3) is 0.500. The number of rotatable bonds is 4. The molecule has 62 valence electrons. The number of ether oxygens (including phenoxy) is 1. The molecule has 0 aromatic carbocycles. The average molecular weight is 174 g/mol. The van der Waals surface area contributed by atoms with E-state index in [9.17, 15) is 0 Å². The van der Waals surface area contributed by atoms with E-state index in [-0.39, 0.29) is 0 Å². The van der Waals surface area contributed by atoms with Gasteiger partial charge in [-0.15, -0.1) is 0 Å². The number of thiazole rings is 1. The lowest BCUT2D eigenvalue weighted by Gasteiger charge is -1.95. The van der Waals surface area contributed by atoms with E-state index in [4.69, 9.17) is 4.74 Å². The van der Waals surface area contributed by atoms with Crippen LogP contribution in [0.1, 0.15) is 4.88 Å². The number of hydroxylamine groups is 1. The van der Waals surface area contributed by atoms with Crippen LogP contribution in [0.2, 0.25) is 0 Å². The Morgan fingerprint density at radius 2 is 2.45 bits per heavy atom. The van der Waals surface area contributed by atoms with Gasteiger partial charge >= 0.3 is 0 Å². The fourth-order valence-electron chi connectivity index (χ4n) is 0.609. The Bertz CT molecular complexity index is 214. The number of nitrogens with zero attached hydrogens (tertiary/aromatic N) is 1. The van der Waals surface area contributed by atoms with Crippen LogP contribution in [0.5, 0.6) is 5.19 Å². The van der Waals surface area contributed by atoms with Crippen LogP contribution in [0.3, 0.4) is 0 Å². The quantitative estimate of drug-likeness (QED) is 0.686. The van der Waals surface area contributed by atoms with Crippen molar-refractivity contribution in [1.82, 2.24) is 10.5 Å². The summed E-state index contributed by atoms with van der Waals surface area (Å²) in [7, 11) is 3.19. The first kappa shape index (κ1) is 8.45. The number of hydrogen-bond donors (Lipinski definition) is 1. The van der Waals surface area contributed by atoms with Gasteiger partial charge in [-0.1, -0.05) is 11.3 Å². The summed E-state index contributed by atoms with van der Waals surface area (Å²) in [6.07, 6.45) is 1.76. The summed E-state index contributed by atoms with van der Waals surface area (Å²) < 4.78 is 4.91. The van der Waals surface area contributed by atoms with Gasteiger partial charge in [-0.05, 0) is 0 Å². The molecule has 1 rings (SSSR count). The highest BCUT2D eigenvalue weighted by atomic mass is 32.1. The summed E-state index contributed by atoms with van der Waals surface area (Å²) in [5.41, 5.74) is 2.72. The SMILES string of the molecule is CONCc1cnc(OC)s1. The third kappa shape index (κ3) is 2.45. The topological polar surface area (TPSA) is 43.4 Å². The van der Waals surface area contributed by atoms with Gasteiger partial charge in [0.15, 0.2) is 0 Å². The van der Waals surface area contributed by atoms with Crippen molar-refractivity contribution in [3.63, 3.8) is 0 Å². The Balaban J connectivity index is 2.44. The summed E-state index contributed by atoms with van der Waals surface area (Å²) in [4.78, 5) is 9.75. The predicted octanol–water partition coefficient (Wildman–Crippen LogP) is 0.803. The molecule has 1 heterocycles. The first-order valence-electron chi connectivity index (χ1n) is 3.11. The van der Waals surface area contributed by atoms with Crippen LogP contribution < -0.4 is 10.2 Å². The molecule has 0 aliphatic heterocycles. The maximum atomic E-state index is 4.91. The van der Waals surface area contributed by atoms with Crippen LogP contribution in [-0.4, -0.2) is 19.2 Å². The molecule has 4 nitrogen and oxygen atoms in total. The highest BCUT2D eigenvalue weighted by Crippen LogP contribution is 2.19. The van der Waals surface area contributed by atoms with E-state index in [1.54, 1.807) is 20.4 Å². The van der Waals surface area contributed by atoms with Gasteiger partial charge in [0.2, 0.25) is 0 Å². The second-order valence-electron chi connectivity index (χ2n) is 1.82. The molecule has 1 N–H and O–H groups in total. The minimum absolute atomic E-state index is 0.664. The Hall–Kier alpha value is -0.650. The van der Waals surface area contributed by atoms with Gasteiger partial charge in [-0.25, -0.2) is 4.98 Å². The van der Waals surface area contributed by atoms with Gasteiger partial charge in [0.1, 0.15) is 0 Å². The first-order valence-corrected chi connectivity index (χ1v) is 3.93. The van der Waals surface area contributed by atoms with Gasteiger partial charge in [0.05, 0.1) is 20.8 Å². The number of methoxy groups -OCH3 is 1. The van der Waals surface area contributed by atoms with E-state index < -0.39 is 0 Å². The molecule has 0 unspecified atom stereocenters. The highest BCUT2D eigenvalue weighted by Gasteiger charge is 1.99. The molecular weight excluding hydrogens is 164 g/mol. The van der Waals surface area contributed by atoms with Gasteiger partial charge in [-0.3, -0.25) is 0 Å². The van der Waals surface area contributed by atoms with Crippen molar-refractivity contribution < 1.29 is 9.57 Å². The minimum Gasteiger partial charge on any atom is -0.473 e. The Morgan fingerprint density at radius 1 is 1.64 bits per heavy atom. The molecule has 0 saturated heterocycles. The standard InChI is InChI=1S/C6H10N2O2S/c1-9-6-7-3-5(11-6)4-8-10-2/h3,8H,4H2,1-2H3. The molecule has 11 heavy (non-hydrogen) atoms. The van der Waals surface area contributed by atoms with Crippen LogP contribution >= 0.6 is 11.3 Å². The van der Waals surface area contributed by atoms with Gasteiger partial charge in [-0.2, -0.15) is 5.48 Å². The number of aromatic nitrogens is 1. The highest BCUT2D eigenvalue weighted by molar-refractivity contribution is 7.13. The zero-order valence-electron chi connectivity index (χ0n) is 6.46. The molecule has 0 spiro atoms. The maximum absolute atomic E-state index is 4.91. The molecule has 0 bridgehead atoms. The van der Waals surface area contributed by atoms with E-state index in [0.29, 0.717) is 11.7 Å². The first-order chi connectivity index (χ1) is 5.36. The molecule has 0 aliphatic carbocycles. The van der Waals surface area contributed by atoms with E-state index >= 15 is 0 Å². The summed E-state index contributed by atoms with van der Waals surface area (Å²) in [6.45, 7) is 0.664. The van der Waals surface area contributed by atoms with Crippen LogP contribution in [0.25, 0.3) is 0 Å². The Labute approximate surface area is 69.1 Å². The fourth-order valence-corrected chi connectivity index (χ4v) is 1.26. The summed E-state index contributed by atoms with van der Waals surface area (Å²) in [5.74, 6) is 0. The lowest BCUT2D eigenvalue weighted by atomic mass is 10.6. The van der Waals surface area contributed by atoms with Crippen molar-refractivity contribution in [3.8, 4) is 5.19 Å². The maximum Gasteiger partial charge on any atom is 0.273 e. The zero-order chi connectivity index (χ0) is 8.10. The lowest BCUT2D eigenvalue weighted by Crippen LogP contribution is -2.09. The van der Waals surface area contributed by atoms with E-state index in [1.807, 2.05) is 0 Å². The van der Waals surface area contributed by atoms with Crippen molar-refractivity contribution >= 4 is 11.3 Å². The number of nitrogens with one attached hydrogen (secondary N) is 1. The molecule has 0 aliphatic rings. The van der Waals surface area contributed by atoms with Crippen molar-refractivity contribution in [1.29, 1.82) is 0 Å². The van der Waals surface area contributed by atoms with Crippen LogP contribution in [0.4, 0.5) is 0 Å². The largest absolute Gasteiger partial charge is 0.473 e. The molecule has 5 heteroatoms. The normalized spacial score (nSPS) is 10.0. The van der Waals surface area contributed by atoms with Gasteiger partial charge in [0, 0.05) is 11.1 Å². The molecule has 1 aromatic rings. The molecule has 0 amide bonds. The van der Waals surface area contributed by atoms with Crippen molar-refractivity contribution in [2.75, 3.05) is 14.2 Å². The molecule has 0 radical (unpaired) electrons. The van der Waals surface area contributed by atoms with Crippen LogP contribution in [0, 0.1) is 0 Å². The van der Waals surface area contributed by atoms with E-state index in [2.05, 4.69) is 15.3 Å². The second-order valence-corrected chi connectivity index (χ2v) is 2.90. The van der Waals surface area contributed by atoms with Crippen LogP contribution in [-0.2, 0) is 11.4 Å². The van der Waals surface area contributed by atoms with Crippen molar-refractivity contribution in [3.05, 3.63) is 11.1 Å². The number of hydrogen-bond acceptors (Lipinski definition) is 5. The molecular formula is C6H10N2O2S. The second kappa shape index (κ2) is 4.27. The van der Waals surface area contributed by atoms with E-state index in [0.717, 1.165) is 4.88 Å². The lowest BCUT2D eigenvalue weighted by molar-refractivity contribution is 0.0874. The minimum atomic E-state index is 0.664. The van der Waals surface area contributed by atoms with Gasteiger partial charge in [0.25, 0.3) is 5.19 Å². The smallest absolute Gasteiger partial charge is 0.273 e. The monoisotopic (exact) mass is 174 g/mol. The summed E-state index contributed by atoms with van der Waals surface area (Å²) in [5, 5.41) is 0.679. The van der Waals surface area contributed by atoms with E-state index in [1.165, 1.54) is 11.3 Å².